The maximum Gasteiger partial charge on any atom is 0.408 e. The smallest absolute Gasteiger partial charge is 0.297 e. The highest BCUT2D eigenvalue weighted by atomic mass is 31.2. The molecular weight excluding hydrogens is 285 g/mol. The predicted octanol–water partition coefficient (Wildman–Crippen LogP) is 5.13. The fourth-order valence-electron chi connectivity index (χ4n) is 3.89. The van der Waals surface area contributed by atoms with Gasteiger partial charge in [0.2, 0.25) is 0 Å². The van der Waals surface area contributed by atoms with Crippen molar-refractivity contribution in [1.29, 1.82) is 0 Å². The zero-order valence-corrected chi connectivity index (χ0v) is 14.7. The molecule has 0 aromatic rings. The normalized spacial score (nSPS) is 22.8. The van der Waals surface area contributed by atoms with E-state index in [2.05, 4.69) is 4.67 Å². The van der Waals surface area contributed by atoms with Crippen LogP contribution in [-0.4, -0.2) is 30.0 Å². The van der Waals surface area contributed by atoms with Crippen LogP contribution < -0.4 is 0 Å². The van der Waals surface area contributed by atoms with Gasteiger partial charge in [-0.1, -0.05) is 38.5 Å². The Labute approximate surface area is 130 Å². The fourth-order valence-corrected chi connectivity index (χ4v) is 6.14. The molecule has 21 heavy (non-hydrogen) atoms. The molecule has 2 fully saturated rings. The minimum absolute atomic E-state index is 0.380. The molecule has 2 rings (SSSR count). The minimum atomic E-state index is -3.13. The topological polar surface area (TPSA) is 38.8 Å². The Hall–Kier alpha value is 0.110. The lowest BCUT2D eigenvalue weighted by Gasteiger charge is -2.43. The summed E-state index contributed by atoms with van der Waals surface area (Å²) in [6.45, 7) is 4.72. The molecule has 0 bridgehead atoms. The van der Waals surface area contributed by atoms with Crippen molar-refractivity contribution >= 4 is 7.75 Å². The molecule has 2 aliphatic carbocycles. The molecule has 0 aromatic heterocycles. The van der Waals surface area contributed by atoms with Gasteiger partial charge in [0.1, 0.15) is 0 Å². The van der Waals surface area contributed by atoms with Crippen molar-refractivity contribution in [3.63, 3.8) is 0 Å². The number of rotatable bonds is 7. The van der Waals surface area contributed by atoms with Gasteiger partial charge in [-0.2, -0.15) is 0 Å². The molecule has 0 unspecified atom stereocenters. The fraction of sp³-hybridized carbons (Fsp3) is 1.00. The lowest BCUT2D eigenvalue weighted by Crippen LogP contribution is -2.43. The van der Waals surface area contributed by atoms with Gasteiger partial charge in [0.25, 0.3) is 0 Å². The van der Waals surface area contributed by atoms with Crippen molar-refractivity contribution in [3.8, 4) is 0 Å². The van der Waals surface area contributed by atoms with E-state index in [0.29, 0.717) is 25.3 Å². The van der Waals surface area contributed by atoms with Crippen LogP contribution in [0.1, 0.15) is 78.1 Å². The molecule has 0 saturated heterocycles. The molecule has 0 atom stereocenters. The second-order valence-electron chi connectivity index (χ2n) is 6.27. The van der Waals surface area contributed by atoms with Gasteiger partial charge >= 0.3 is 7.75 Å². The first-order valence-corrected chi connectivity index (χ1v) is 10.4. The van der Waals surface area contributed by atoms with Crippen molar-refractivity contribution in [2.45, 2.75) is 90.1 Å². The van der Waals surface area contributed by atoms with Crippen molar-refractivity contribution in [2.75, 3.05) is 13.2 Å². The zero-order valence-electron chi connectivity index (χ0n) is 13.8. The van der Waals surface area contributed by atoms with Gasteiger partial charge in [0.05, 0.1) is 13.2 Å². The van der Waals surface area contributed by atoms with Crippen molar-refractivity contribution in [3.05, 3.63) is 0 Å². The van der Waals surface area contributed by atoms with Gasteiger partial charge in [0.15, 0.2) is 0 Å². The van der Waals surface area contributed by atoms with Crippen molar-refractivity contribution < 1.29 is 13.6 Å². The van der Waals surface area contributed by atoms with E-state index in [-0.39, 0.29) is 0 Å². The number of hydrogen-bond donors (Lipinski definition) is 0. The Balaban J connectivity index is 2.20. The average molecular weight is 317 g/mol. The summed E-state index contributed by atoms with van der Waals surface area (Å²) >= 11 is 0. The van der Waals surface area contributed by atoms with Gasteiger partial charge in [-0.25, -0.2) is 9.24 Å². The molecule has 2 saturated carbocycles. The van der Waals surface area contributed by atoms with Crippen LogP contribution in [0.5, 0.6) is 0 Å². The molecule has 0 aliphatic heterocycles. The maximum atomic E-state index is 13.4. The largest absolute Gasteiger partial charge is 0.408 e. The zero-order chi connectivity index (χ0) is 15.1. The van der Waals surface area contributed by atoms with Crippen molar-refractivity contribution in [1.82, 2.24) is 4.67 Å². The van der Waals surface area contributed by atoms with Gasteiger partial charge in [0, 0.05) is 12.1 Å². The lowest BCUT2D eigenvalue weighted by molar-refractivity contribution is 0.0934. The number of hydrogen-bond acceptors (Lipinski definition) is 3. The van der Waals surface area contributed by atoms with Crippen molar-refractivity contribution in [2.24, 2.45) is 0 Å². The highest BCUT2D eigenvalue weighted by molar-refractivity contribution is 7.51. The van der Waals surface area contributed by atoms with Gasteiger partial charge in [-0.3, -0.25) is 9.05 Å². The molecule has 0 N–H and O–H groups in total. The van der Waals surface area contributed by atoms with E-state index in [1.165, 1.54) is 38.5 Å². The summed E-state index contributed by atoms with van der Waals surface area (Å²) < 4.78 is 27.0. The Bertz CT molecular complexity index is 310. The summed E-state index contributed by atoms with van der Waals surface area (Å²) in [4.78, 5) is 0. The maximum absolute atomic E-state index is 13.4. The highest BCUT2D eigenvalue weighted by Gasteiger charge is 2.43. The van der Waals surface area contributed by atoms with Gasteiger partial charge in [-0.15, -0.1) is 0 Å². The predicted molar refractivity (Wildman–Crippen MR) is 86.4 cm³/mol. The third-order valence-electron chi connectivity index (χ3n) is 4.76. The first kappa shape index (κ1) is 17.5. The van der Waals surface area contributed by atoms with E-state index in [0.717, 1.165) is 25.7 Å². The minimum Gasteiger partial charge on any atom is -0.297 e. The van der Waals surface area contributed by atoms with Crippen LogP contribution >= 0.6 is 7.75 Å². The first-order valence-electron chi connectivity index (χ1n) is 8.89. The van der Waals surface area contributed by atoms with Crippen LogP contribution in [0.4, 0.5) is 0 Å². The Morgan fingerprint density at radius 2 is 1.19 bits per heavy atom. The van der Waals surface area contributed by atoms with E-state index in [1.54, 1.807) is 0 Å². The molecule has 0 spiro atoms. The van der Waals surface area contributed by atoms with Crippen LogP contribution in [0, 0.1) is 0 Å². The summed E-state index contributed by atoms with van der Waals surface area (Å²) in [7, 11) is -3.13. The van der Waals surface area contributed by atoms with Crippen LogP contribution in [-0.2, 0) is 13.6 Å². The van der Waals surface area contributed by atoms with Crippen LogP contribution in [0.25, 0.3) is 0 Å². The summed E-state index contributed by atoms with van der Waals surface area (Å²) in [6, 6.07) is 0.761. The average Bonchev–Trinajstić information content (AvgIpc) is 2.50. The molecule has 0 aromatic carbocycles. The van der Waals surface area contributed by atoms with Crippen LogP contribution in [0.2, 0.25) is 0 Å². The standard InChI is InChI=1S/C16H32NO3P/c1-3-19-21(18,20-4-2)17(15-11-7-5-8-12-15)16-13-9-6-10-14-16/h15-16H,3-14H2,1-2H3. The third kappa shape index (κ3) is 4.54. The molecule has 0 heterocycles. The molecule has 0 radical (unpaired) electrons. The summed E-state index contributed by atoms with van der Waals surface area (Å²) in [6.07, 6.45) is 12.1. The molecular formula is C16H32NO3P. The van der Waals surface area contributed by atoms with E-state index < -0.39 is 7.75 Å². The van der Waals surface area contributed by atoms with Crippen LogP contribution in [0.3, 0.4) is 0 Å². The summed E-state index contributed by atoms with van der Waals surface area (Å²) in [5, 5.41) is 0. The Morgan fingerprint density at radius 3 is 1.52 bits per heavy atom. The van der Waals surface area contributed by atoms with E-state index >= 15 is 0 Å². The summed E-state index contributed by atoms with van der Waals surface area (Å²) in [5.41, 5.74) is 0. The molecule has 124 valence electrons. The molecule has 0 amide bonds. The summed E-state index contributed by atoms with van der Waals surface area (Å²) in [5.74, 6) is 0. The molecule has 5 heteroatoms. The van der Waals surface area contributed by atoms with Crippen LogP contribution in [0.15, 0.2) is 0 Å². The molecule has 4 nitrogen and oxygen atoms in total. The third-order valence-corrected chi connectivity index (χ3v) is 7.15. The first-order chi connectivity index (χ1) is 10.2. The number of nitrogens with zero attached hydrogens (tertiary/aromatic N) is 1. The van der Waals surface area contributed by atoms with E-state index in [1.807, 2.05) is 13.8 Å². The van der Waals surface area contributed by atoms with Gasteiger partial charge < -0.3 is 0 Å². The Morgan fingerprint density at radius 1 is 0.810 bits per heavy atom. The SMILES string of the molecule is CCOP(=O)(OCC)N(C1CCCCC1)C1CCCCC1. The highest BCUT2D eigenvalue weighted by Crippen LogP contribution is 2.57. The Kier molecular flexibility index (Phi) is 7.21. The second kappa shape index (κ2) is 8.67. The van der Waals surface area contributed by atoms with Gasteiger partial charge in [-0.05, 0) is 39.5 Å². The van der Waals surface area contributed by atoms with E-state index in [9.17, 15) is 4.57 Å². The monoisotopic (exact) mass is 317 g/mol. The lowest BCUT2D eigenvalue weighted by atomic mass is 9.91. The van der Waals surface area contributed by atoms with E-state index in [4.69, 9.17) is 9.05 Å². The quantitative estimate of drug-likeness (QED) is 0.610. The second-order valence-corrected chi connectivity index (χ2v) is 8.18. The molecule has 2 aliphatic rings.